The van der Waals surface area contributed by atoms with Crippen LogP contribution >= 0.6 is 0 Å². The van der Waals surface area contributed by atoms with Gasteiger partial charge in [-0.25, -0.2) is 0 Å². The molecule has 0 bridgehead atoms. The number of rotatable bonds is 5. The van der Waals surface area contributed by atoms with Gasteiger partial charge in [0, 0.05) is 12.6 Å². The van der Waals surface area contributed by atoms with E-state index in [-0.39, 0.29) is 0 Å². The molecule has 1 aliphatic rings. The second kappa shape index (κ2) is 5.76. The minimum atomic E-state index is 0.537. The number of nitrogens with two attached hydrogens (primary N) is 1. The molecule has 2 rings (SSSR count). The summed E-state index contributed by atoms with van der Waals surface area (Å²) < 4.78 is 5.12. The van der Waals surface area contributed by atoms with Gasteiger partial charge in [-0.15, -0.1) is 0 Å². The molecule has 1 fully saturated rings. The predicted molar refractivity (Wildman–Crippen MR) is 73.9 cm³/mol. The number of ether oxygens (including phenoxy) is 1. The smallest absolute Gasteiger partial charge is 0.188 e. The highest BCUT2D eigenvalue weighted by atomic mass is 16.5. The molecule has 0 aliphatic heterocycles. The van der Waals surface area contributed by atoms with Crippen LogP contribution in [0.15, 0.2) is 29.3 Å². The largest absolute Gasteiger partial charge is 0.497 e. The SMILES string of the molecule is COc1ccc(CCN=C(N)N[C@@H]2C[C@H]2C)cc1. The molecular weight excluding hydrogens is 226 g/mol. The second-order valence-electron chi connectivity index (χ2n) is 4.83. The maximum Gasteiger partial charge on any atom is 0.188 e. The highest BCUT2D eigenvalue weighted by Gasteiger charge is 2.32. The molecule has 0 spiro atoms. The minimum Gasteiger partial charge on any atom is -0.497 e. The first-order valence-corrected chi connectivity index (χ1v) is 6.38. The van der Waals surface area contributed by atoms with Crippen LogP contribution in [0.1, 0.15) is 18.9 Å². The van der Waals surface area contributed by atoms with Crippen LogP contribution < -0.4 is 15.8 Å². The fraction of sp³-hybridized carbons (Fsp3) is 0.500. The zero-order valence-electron chi connectivity index (χ0n) is 11.0. The molecule has 0 radical (unpaired) electrons. The third kappa shape index (κ3) is 3.65. The average Bonchev–Trinajstić information content (AvgIpc) is 3.05. The fourth-order valence-electron chi connectivity index (χ4n) is 1.86. The Morgan fingerprint density at radius 1 is 1.44 bits per heavy atom. The van der Waals surface area contributed by atoms with Crippen LogP contribution in [0.25, 0.3) is 0 Å². The van der Waals surface area contributed by atoms with E-state index < -0.39 is 0 Å². The Hall–Kier alpha value is -1.71. The van der Waals surface area contributed by atoms with Gasteiger partial charge >= 0.3 is 0 Å². The molecule has 18 heavy (non-hydrogen) atoms. The molecular formula is C14H21N3O. The lowest BCUT2D eigenvalue weighted by Gasteiger charge is -2.04. The first kappa shape index (κ1) is 12.7. The van der Waals surface area contributed by atoms with Crippen LogP contribution in [-0.4, -0.2) is 25.7 Å². The summed E-state index contributed by atoms with van der Waals surface area (Å²) in [6.45, 7) is 2.93. The summed E-state index contributed by atoms with van der Waals surface area (Å²) in [6, 6.07) is 8.58. The molecule has 1 aromatic rings. The number of hydrogen-bond acceptors (Lipinski definition) is 2. The van der Waals surface area contributed by atoms with E-state index >= 15 is 0 Å². The zero-order chi connectivity index (χ0) is 13.0. The van der Waals surface area contributed by atoms with Crippen LogP contribution in [0, 0.1) is 5.92 Å². The summed E-state index contributed by atoms with van der Waals surface area (Å²) in [5, 5.41) is 3.22. The molecule has 98 valence electrons. The van der Waals surface area contributed by atoms with Gasteiger partial charge in [0.1, 0.15) is 5.75 Å². The van der Waals surface area contributed by atoms with Gasteiger partial charge in [-0.05, 0) is 36.5 Å². The number of aliphatic imine (C=N–C) groups is 1. The molecule has 0 aromatic heterocycles. The van der Waals surface area contributed by atoms with Gasteiger partial charge in [-0.2, -0.15) is 0 Å². The van der Waals surface area contributed by atoms with E-state index in [1.54, 1.807) is 7.11 Å². The number of hydrogen-bond donors (Lipinski definition) is 2. The Balaban J connectivity index is 1.74. The molecule has 1 aromatic carbocycles. The maximum absolute atomic E-state index is 5.81. The van der Waals surface area contributed by atoms with Crippen molar-refractivity contribution < 1.29 is 4.74 Å². The van der Waals surface area contributed by atoms with Gasteiger partial charge < -0.3 is 15.8 Å². The first-order valence-electron chi connectivity index (χ1n) is 6.38. The van der Waals surface area contributed by atoms with E-state index in [0.29, 0.717) is 18.5 Å². The third-order valence-corrected chi connectivity index (χ3v) is 3.28. The lowest BCUT2D eigenvalue weighted by molar-refractivity contribution is 0.414. The molecule has 1 aliphatic carbocycles. The molecule has 4 nitrogen and oxygen atoms in total. The summed E-state index contributed by atoms with van der Waals surface area (Å²) in [6.07, 6.45) is 2.10. The zero-order valence-corrected chi connectivity index (χ0v) is 11.0. The summed E-state index contributed by atoms with van der Waals surface area (Å²) >= 11 is 0. The monoisotopic (exact) mass is 247 g/mol. The topological polar surface area (TPSA) is 59.6 Å². The van der Waals surface area contributed by atoms with E-state index in [4.69, 9.17) is 10.5 Å². The highest BCUT2D eigenvalue weighted by molar-refractivity contribution is 5.78. The Kier molecular flexibility index (Phi) is 4.07. The van der Waals surface area contributed by atoms with E-state index in [2.05, 4.69) is 29.4 Å². The van der Waals surface area contributed by atoms with Crippen molar-refractivity contribution in [2.75, 3.05) is 13.7 Å². The number of benzene rings is 1. The van der Waals surface area contributed by atoms with Crippen molar-refractivity contribution in [3.8, 4) is 5.75 Å². The Bertz CT molecular complexity index is 414. The Morgan fingerprint density at radius 3 is 2.67 bits per heavy atom. The van der Waals surface area contributed by atoms with Crippen molar-refractivity contribution in [1.82, 2.24) is 5.32 Å². The first-order chi connectivity index (χ1) is 8.69. The molecule has 0 saturated heterocycles. The fourth-order valence-corrected chi connectivity index (χ4v) is 1.86. The van der Waals surface area contributed by atoms with Crippen molar-refractivity contribution >= 4 is 5.96 Å². The minimum absolute atomic E-state index is 0.537. The van der Waals surface area contributed by atoms with Crippen molar-refractivity contribution in [2.45, 2.75) is 25.8 Å². The second-order valence-corrected chi connectivity index (χ2v) is 4.83. The van der Waals surface area contributed by atoms with Crippen LogP contribution in [0.2, 0.25) is 0 Å². The van der Waals surface area contributed by atoms with Crippen molar-refractivity contribution in [1.29, 1.82) is 0 Å². The predicted octanol–water partition coefficient (Wildman–Crippen LogP) is 1.55. The van der Waals surface area contributed by atoms with Crippen LogP contribution in [0.5, 0.6) is 5.75 Å². The molecule has 0 heterocycles. The number of nitrogens with zero attached hydrogens (tertiary/aromatic N) is 1. The number of guanidine groups is 1. The quantitative estimate of drug-likeness (QED) is 0.613. The Morgan fingerprint density at radius 2 is 2.11 bits per heavy atom. The number of methoxy groups -OCH3 is 1. The summed E-state index contributed by atoms with van der Waals surface area (Å²) in [4.78, 5) is 4.33. The van der Waals surface area contributed by atoms with E-state index in [1.807, 2.05) is 12.1 Å². The maximum atomic E-state index is 5.81. The average molecular weight is 247 g/mol. The molecule has 2 atom stereocenters. The van der Waals surface area contributed by atoms with Gasteiger partial charge in [0.15, 0.2) is 5.96 Å². The van der Waals surface area contributed by atoms with Gasteiger partial charge in [-0.3, -0.25) is 4.99 Å². The third-order valence-electron chi connectivity index (χ3n) is 3.28. The Labute approximate surface area is 108 Å². The van der Waals surface area contributed by atoms with Crippen LogP contribution in [0.3, 0.4) is 0 Å². The lowest BCUT2D eigenvalue weighted by atomic mass is 10.1. The molecule has 1 saturated carbocycles. The van der Waals surface area contributed by atoms with E-state index in [1.165, 1.54) is 12.0 Å². The normalized spacial score (nSPS) is 22.7. The lowest BCUT2D eigenvalue weighted by Crippen LogP contribution is -2.34. The van der Waals surface area contributed by atoms with Gasteiger partial charge in [0.05, 0.1) is 7.11 Å². The van der Waals surface area contributed by atoms with Gasteiger partial charge in [-0.1, -0.05) is 19.1 Å². The van der Waals surface area contributed by atoms with E-state index in [0.717, 1.165) is 18.1 Å². The van der Waals surface area contributed by atoms with Crippen molar-refractivity contribution in [3.63, 3.8) is 0 Å². The van der Waals surface area contributed by atoms with Crippen molar-refractivity contribution in [2.24, 2.45) is 16.6 Å². The van der Waals surface area contributed by atoms with Crippen LogP contribution in [0.4, 0.5) is 0 Å². The van der Waals surface area contributed by atoms with Gasteiger partial charge in [0.25, 0.3) is 0 Å². The standard InChI is InChI=1S/C14H21N3O/c1-10-9-13(10)17-14(15)16-8-7-11-3-5-12(18-2)6-4-11/h3-6,10,13H,7-9H2,1-2H3,(H3,15,16,17)/t10-,13-/m1/s1. The molecule has 0 unspecified atom stereocenters. The summed E-state index contributed by atoms with van der Waals surface area (Å²) in [5.74, 6) is 2.18. The summed E-state index contributed by atoms with van der Waals surface area (Å²) in [5.41, 5.74) is 7.05. The van der Waals surface area contributed by atoms with Gasteiger partial charge in [0.2, 0.25) is 0 Å². The highest BCUT2D eigenvalue weighted by Crippen LogP contribution is 2.28. The van der Waals surface area contributed by atoms with Crippen LogP contribution in [-0.2, 0) is 6.42 Å². The molecule has 4 heteroatoms. The summed E-state index contributed by atoms with van der Waals surface area (Å²) in [7, 11) is 1.67. The van der Waals surface area contributed by atoms with E-state index in [9.17, 15) is 0 Å². The van der Waals surface area contributed by atoms with Crippen molar-refractivity contribution in [3.05, 3.63) is 29.8 Å². The molecule has 0 amide bonds. The number of nitrogens with one attached hydrogen (secondary N) is 1. The molecule has 3 N–H and O–H groups in total.